The lowest BCUT2D eigenvalue weighted by Crippen LogP contribution is -2.29. The van der Waals surface area contributed by atoms with Crippen LogP contribution < -0.4 is 5.32 Å². The van der Waals surface area contributed by atoms with Crippen LogP contribution in [-0.4, -0.2) is 24.2 Å². The van der Waals surface area contributed by atoms with Crippen LogP contribution in [0.15, 0.2) is 18.2 Å². The SMILES string of the molecule is COC1CCC(Nc2cccc([N+](=O)[O-])c2C)CC1. The molecule has 5 nitrogen and oxygen atoms in total. The average Bonchev–Trinajstić information content (AvgIpc) is 2.41. The first-order valence-corrected chi connectivity index (χ1v) is 6.65. The molecule has 104 valence electrons. The van der Waals surface area contributed by atoms with Crippen molar-refractivity contribution in [2.75, 3.05) is 12.4 Å². The smallest absolute Gasteiger partial charge is 0.274 e. The second kappa shape index (κ2) is 6.02. The quantitative estimate of drug-likeness (QED) is 0.669. The molecule has 19 heavy (non-hydrogen) atoms. The Balaban J connectivity index is 2.04. The van der Waals surface area contributed by atoms with Crippen molar-refractivity contribution in [1.82, 2.24) is 0 Å². The first-order valence-electron chi connectivity index (χ1n) is 6.65. The van der Waals surface area contributed by atoms with Gasteiger partial charge in [-0.05, 0) is 38.7 Å². The number of hydrogen-bond donors (Lipinski definition) is 1. The summed E-state index contributed by atoms with van der Waals surface area (Å²) in [5.74, 6) is 0. The Morgan fingerprint density at radius 1 is 1.32 bits per heavy atom. The Bertz CT molecular complexity index is 454. The van der Waals surface area contributed by atoms with E-state index >= 15 is 0 Å². The van der Waals surface area contributed by atoms with Gasteiger partial charge in [0.15, 0.2) is 0 Å². The van der Waals surface area contributed by atoms with Gasteiger partial charge in [-0.3, -0.25) is 10.1 Å². The highest BCUT2D eigenvalue weighted by Crippen LogP contribution is 2.29. The molecular weight excluding hydrogens is 244 g/mol. The summed E-state index contributed by atoms with van der Waals surface area (Å²) in [6.45, 7) is 1.79. The van der Waals surface area contributed by atoms with Gasteiger partial charge in [0.05, 0.1) is 11.0 Å². The van der Waals surface area contributed by atoms with Crippen LogP contribution in [0.5, 0.6) is 0 Å². The molecular formula is C14H20N2O3. The zero-order valence-corrected chi connectivity index (χ0v) is 11.4. The highest BCUT2D eigenvalue weighted by atomic mass is 16.6. The second-order valence-electron chi connectivity index (χ2n) is 5.06. The summed E-state index contributed by atoms with van der Waals surface area (Å²) in [5.41, 5.74) is 1.76. The molecule has 5 heteroatoms. The monoisotopic (exact) mass is 264 g/mol. The van der Waals surface area contributed by atoms with Gasteiger partial charge in [-0.15, -0.1) is 0 Å². The van der Waals surface area contributed by atoms with Gasteiger partial charge in [-0.1, -0.05) is 6.07 Å². The molecule has 0 bridgehead atoms. The summed E-state index contributed by atoms with van der Waals surface area (Å²) in [4.78, 5) is 10.6. The van der Waals surface area contributed by atoms with E-state index in [2.05, 4.69) is 5.32 Å². The van der Waals surface area contributed by atoms with E-state index in [0.717, 1.165) is 31.4 Å². The Morgan fingerprint density at radius 3 is 2.58 bits per heavy atom. The van der Waals surface area contributed by atoms with Crippen molar-refractivity contribution < 1.29 is 9.66 Å². The van der Waals surface area contributed by atoms with E-state index in [4.69, 9.17) is 4.74 Å². The molecule has 1 aliphatic rings. The molecule has 0 amide bonds. The second-order valence-corrected chi connectivity index (χ2v) is 5.06. The third kappa shape index (κ3) is 3.23. The predicted molar refractivity (Wildman–Crippen MR) is 74.5 cm³/mol. The molecule has 0 aliphatic heterocycles. The fraction of sp³-hybridized carbons (Fsp3) is 0.571. The van der Waals surface area contributed by atoms with Gasteiger partial charge in [-0.2, -0.15) is 0 Å². The molecule has 2 rings (SSSR count). The number of nitrogens with zero attached hydrogens (tertiary/aromatic N) is 1. The first-order chi connectivity index (χ1) is 9.11. The topological polar surface area (TPSA) is 64.4 Å². The average molecular weight is 264 g/mol. The van der Waals surface area contributed by atoms with Gasteiger partial charge in [0, 0.05) is 30.5 Å². The molecule has 0 heterocycles. The van der Waals surface area contributed by atoms with Crippen LogP contribution in [0.4, 0.5) is 11.4 Å². The maximum atomic E-state index is 10.9. The highest BCUT2D eigenvalue weighted by molar-refractivity contribution is 5.60. The van der Waals surface area contributed by atoms with Crippen molar-refractivity contribution in [2.45, 2.75) is 44.8 Å². The van der Waals surface area contributed by atoms with E-state index < -0.39 is 0 Å². The van der Waals surface area contributed by atoms with E-state index in [0.29, 0.717) is 17.7 Å². The lowest BCUT2D eigenvalue weighted by Gasteiger charge is -2.29. The number of anilines is 1. The zero-order chi connectivity index (χ0) is 13.8. The number of nitro benzene ring substituents is 1. The molecule has 1 N–H and O–H groups in total. The minimum absolute atomic E-state index is 0.176. The summed E-state index contributed by atoms with van der Waals surface area (Å²) in [6, 6.07) is 5.56. The van der Waals surface area contributed by atoms with Crippen molar-refractivity contribution in [3.63, 3.8) is 0 Å². The van der Waals surface area contributed by atoms with Crippen LogP contribution in [0.25, 0.3) is 0 Å². The van der Waals surface area contributed by atoms with Crippen LogP contribution in [0, 0.1) is 17.0 Å². The van der Waals surface area contributed by atoms with Gasteiger partial charge in [-0.25, -0.2) is 0 Å². The number of ether oxygens (including phenoxy) is 1. The van der Waals surface area contributed by atoms with E-state index in [1.807, 2.05) is 6.07 Å². The molecule has 0 atom stereocenters. The Hall–Kier alpha value is -1.62. The Labute approximate surface area is 113 Å². The van der Waals surface area contributed by atoms with Crippen LogP contribution in [0.3, 0.4) is 0 Å². The maximum Gasteiger partial charge on any atom is 0.274 e. The van der Waals surface area contributed by atoms with Crippen LogP contribution in [0.2, 0.25) is 0 Å². The molecule has 0 aromatic heterocycles. The highest BCUT2D eigenvalue weighted by Gasteiger charge is 2.22. The summed E-state index contributed by atoms with van der Waals surface area (Å²) < 4.78 is 5.35. The summed E-state index contributed by atoms with van der Waals surface area (Å²) in [7, 11) is 1.75. The predicted octanol–water partition coefficient (Wildman–Crippen LogP) is 3.27. The zero-order valence-electron chi connectivity index (χ0n) is 11.4. The molecule has 1 aromatic carbocycles. The van der Waals surface area contributed by atoms with E-state index in [-0.39, 0.29) is 10.6 Å². The van der Waals surface area contributed by atoms with Crippen molar-refractivity contribution in [1.29, 1.82) is 0 Å². The third-order valence-electron chi connectivity index (χ3n) is 3.87. The molecule has 0 radical (unpaired) electrons. The van der Waals surface area contributed by atoms with Crippen LogP contribution >= 0.6 is 0 Å². The lowest BCUT2D eigenvalue weighted by molar-refractivity contribution is -0.385. The molecule has 1 aromatic rings. The van der Waals surface area contributed by atoms with E-state index in [1.54, 1.807) is 26.2 Å². The van der Waals surface area contributed by atoms with Crippen molar-refractivity contribution in [3.05, 3.63) is 33.9 Å². The number of rotatable bonds is 4. The number of nitrogens with one attached hydrogen (secondary N) is 1. The third-order valence-corrected chi connectivity index (χ3v) is 3.87. The summed E-state index contributed by atoms with van der Waals surface area (Å²) in [5, 5.41) is 14.3. The van der Waals surface area contributed by atoms with Crippen molar-refractivity contribution in [2.24, 2.45) is 0 Å². The summed E-state index contributed by atoms with van der Waals surface area (Å²) >= 11 is 0. The van der Waals surface area contributed by atoms with Crippen molar-refractivity contribution >= 4 is 11.4 Å². The fourth-order valence-corrected chi connectivity index (χ4v) is 2.64. The molecule has 1 aliphatic carbocycles. The van der Waals surface area contributed by atoms with E-state index in [9.17, 15) is 10.1 Å². The molecule has 0 saturated heterocycles. The normalized spacial score (nSPS) is 23.1. The van der Waals surface area contributed by atoms with Gasteiger partial charge < -0.3 is 10.1 Å². The molecule has 1 fully saturated rings. The van der Waals surface area contributed by atoms with Gasteiger partial charge in [0.1, 0.15) is 0 Å². The van der Waals surface area contributed by atoms with Crippen molar-refractivity contribution in [3.8, 4) is 0 Å². The minimum Gasteiger partial charge on any atom is -0.382 e. The number of methoxy groups -OCH3 is 1. The Morgan fingerprint density at radius 2 is 2.00 bits per heavy atom. The number of hydrogen-bond acceptors (Lipinski definition) is 4. The van der Waals surface area contributed by atoms with E-state index in [1.165, 1.54) is 0 Å². The maximum absolute atomic E-state index is 10.9. The van der Waals surface area contributed by atoms with Crippen LogP contribution in [0.1, 0.15) is 31.2 Å². The number of nitro groups is 1. The van der Waals surface area contributed by atoms with Crippen LogP contribution in [-0.2, 0) is 4.74 Å². The Kier molecular flexibility index (Phi) is 4.37. The summed E-state index contributed by atoms with van der Waals surface area (Å²) in [6.07, 6.45) is 4.54. The molecule has 0 unspecified atom stereocenters. The first kappa shape index (κ1) is 13.8. The number of benzene rings is 1. The fourth-order valence-electron chi connectivity index (χ4n) is 2.64. The standard InChI is InChI=1S/C14H20N2O3/c1-10-13(4-3-5-14(10)16(17)18)15-11-6-8-12(19-2)9-7-11/h3-5,11-12,15H,6-9H2,1-2H3. The van der Waals surface area contributed by atoms with Gasteiger partial charge in [0.25, 0.3) is 5.69 Å². The lowest BCUT2D eigenvalue weighted by atomic mass is 9.92. The largest absolute Gasteiger partial charge is 0.382 e. The minimum atomic E-state index is -0.331. The van der Waals surface area contributed by atoms with Gasteiger partial charge >= 0.3 is 0 Å². The van der Waals surface area contributed by atoms with Gasteiger partial charge in [0.2, 0.25) is 0 Å². The molecule has 0 spiro atoms. The molecule has 1 saturated carbocycles.